The molecule has 5 nitrogen and oxygen atoms in total. The van der Waals surface area contributed by atoms with Crippen LogP contribution in [0.2, 0.25) is 0 Å². The van der Waals surface area contributed by atoms with E-state index in [1.807, 2.05) is 60.7 Å². The number of nitrogens with zero attached hydrogens (tertiary/aromatic N) is 1. The zero-order valence-electron chi connectivity index (χ0n) is 13.4. The van der Waals surface area contributed by atoms with E-state index < -0.39 is 0 Å². The number of hydrogen-bond donors (Lipinski definition) is 1. The summed E-state index contributed by atoms with van der Waals surface area (Å²) < 4.78 is 5.94. The Morgan fingerprint density at radius 2 is 1.62 bits per heavy atom. The molecule has 0 aromatic heterocycles. The van der Waals surface area contributed by atoms with E-state index in [1.54, 1.807) is 0 Å². The van der Waals surface area contributed by atoms with Crippen molar-refractivity contribution in [3.63, 3.8) is 0 Å². The number of rotatable bonds is 5. The molecule has 0 radical (unpaired) electrons. The van der Waals surface area contributed by atoms with Gasteiger partial charge in [0.2, 0.25) is 11.8 Å². The maximum atomic E-state index is 12.3. The van der Waals surface area contributed by atoms with E-state index >= 15 is 0 Å². The molecule has 1 aliphatic heterocycles. The monoisotopic (exact) mass is 324 g/mol. The maximum absolute atomic E-state index is 12.3. The summed E-state index contributed by atoms with van der Waals surface area (Å²) >= 11 is 0. The smallest absolute Gasteiger partial charge is 0.249 e. The lowest BCUT2D eigenvalue weighted by molar-refractivity contribution is -0.142. The Morgan fingerprint density at radius 1 is 1.04 bits per heavy atom. The summed E-state index contributed by atoms with van der Waals surface area (Å²) in [5, 5.41) is 2.71. The first kappa shape index (κ1) is 16.2. The minimum absolute atomic E-state index is 0.0538. The van der Waals surface area contributed by atoms with Crippen molar-refractivity contribution in [2.24, 2.45) is 0 Å². The van der Waals surface area contributed by atoms with Crippen LogP contribution < -0.4 is 5.32 Å². The average molecular weight is 324 g/mol. The third kappa shape index (κ3) is 4.00. The van der Waals surface area contributed by atoms with E-state index in [0.29, 0.717) is 13.1 Å². The van der Waals surface area contributed by atoms with Crippen molar-refractivity contribution in [2.75, 3.05) is 26.2 Å². The van der Waals surface area contributed by atoms with Gasteiger partial charge in [-0.15, -0.1) is 0 Å². The van der Waals surface area contributed by atoms with Crippen LogP contribution in [0.25, 0.3) is 0 Å². The molecule has 0 saturated carbocycles. The first-order chi connectivity index (χ1) is 11.7. The number of amides is 2. The van der Waals surface area contributed by atoms with E-state index in [-0.39, 0.29) is 31.1 Å². The highest BCUT2D eigenvalue weighted by Gasteiger charge is 2.23. The molecule has 5 heteroatoms. The minimum Gasteiger partial charge on any atom is -0.359 e. The molecular weight excluding hydrogens is 304 g/mol. The molecule has 0 bridgehead atoms. The van der Waals surface area contributed by atoms with Crippen molar-refractivity contribution < 1.29 is 14.3 Å². The number of benzene rings is 2. The van der Waals surface area contributed by atoms with Crippen molar-refractivity contribution in [3.8, 4) is 0 Å². The van der Waals surface area contributed by atoms with Crippen LogP contribution in [0, 0.1) is 0 Å². The lowest BCUT2D eigenvalue weighted by Crippen LogP contribution is -2.51. The Morgan fingerprint density at radius 3 is 2.17 bits per heavy atom. The summed E-state index contributed by atoms with van der Waals surface area (Å²) in [5.74, 6) is -0.293. The molecule has 2 aromatic rings. The van der Waals surface area contributed by atoms with E-state index in [1.165, 1.54) is 4.90 Å². The van der Waals surface area contributed by atoms with Gasteiger partial charge in [-0.1, -0.05) is 60.7 Å². The van der Waals surface area contributed by atoms with Crippen LogP contribution in [0.1, 0.15) is 17.2 Å². The Kier molecular flexibility index (Phi) is 5.23. The van der Waals surface area contributed by atoms with Gasteiger partial charge in [0.1, 0.15) is 12.7 Å². The van der Waals surface area contributed by atoms with Gasteiger partial charge in [0.05, 0.1) is 6.54 Å². The third-order valence-corrected chi connectivity index (χ3v) is 3.97. The molecule has 124 valence electrons. The fraction of sp³-hybridized carbons (Fsp3) is 0.263. The molecule has 2 amide bonds. The maximum Gasteiger partial charge on any atom is 0.249 e. The zero-order chi connectivity index (χ0) is 16.8. The molecule has 1 N–H and O–H groups in total. The summed E-state index contributed by atoms with van der Waals surface area (Å²) in [5.41, 5.74) is 1.99. The standard InChI is InChI=1S/C19H20N2O3/c22-17-13-21(12-11-20-17)18(23)14-24-19(15-7-3-1-4-8-15)16-9-5-2-6-10-16/h1-10,19H,11-14H2,(H,20,22). The van der Waals surface area contributed by atoms with Gasteiger partial charge in [0, 0.05) is 13.1 Å². The molecule has 3 rings (SSSR count). The molecule has 1 heterocycles. The van der Waals surface area contributed by atoms with Gasteiger partial charge in [-0.3, -0.25) is 9.59 Å². The van der Waals surface area contributed by atoms with E-state index in [0.717, 1.165) is 11.1 Å². The second kappa shape index (κ2) is 7.75. The molecule has 24 heavy (non-hydrogen) atoms. The molecule has 2 aromatic carbocycles. The van der Waals surface area contributed by atoms with Crippen LogP contribution in [0.3, 0.4) is 0 Å². The van der Waals surface area contributed by atoms with Gasteiger partial charge in [-0.05, 0) is 11.1 Å². The lowest BCUT2D eigenvalue weighted by Gasteiger charge is -2.27. The normalized spacial score (nSPS) is 14.5. The molecule has 1 aliphatic rings. The Bertz CT molecular complexity index is 649. The SMILES string of the molecule is O=C1CN(C(=O)COC(c2ccccc2)c2ccccc2)CCN1. The molecule has 0 atom stereocenters. The van der Waals surface area contributed by atoms with Gasteiger partial charge < -0.3 is 15.0 Å². The summed E-state index contributed by atoms with van der Waals surface area (Å²) in [6.45, 7) is 1.06. The number of hydrogen-bond acceptors (Lipinski definition) is 3. The highest BCUT2D eigenvalue weighted by atomic mass is 16.5. The van der Waals surface area contributed by atoms with Crippen molar-refractivity contribution in [1.29, 1.82) is 0 Å². The third-order valence-electron chi connectivity index (χ3n) is 3.97. The van der Waals surface area contributed by atoms with Crippen LogP contribution in [0.4, 0.5) is 0 Å². The predicted molar refractivity (Wildman–Crippen MR) is 90.3 cm³/mol. The van der Waals surface area contributed by atoms with Gasteiger partial charge >= 0.3 is 0 Å². The van der Waals surface area contributed by atoms with Crippen LogP contribution in [0.15, 0.2) is 60.7 Å². The lowest BCUT2D eigenvalue weighted by atomic mass is 10.0. The van der Waals surface area contributed by atoms with Crippen molar-refractivity contribution in [1.82, 2.24) is 10.2 Å². The Labute approximate surface area is 141 Å². The van der Waals surface area contributed by atoms with E-state index in [2.05, 4.69) is 5.32 Å². The number of ether oxygens (including phenoxy) is 1. The average Bonchev–Trinajstić information content (AvgIpc) is 2.63. The highest BCUT2D eigenvalue weighted by molar-refractivity contribution is 5.86. The molecule has 0 unspecified atom stereocenters. The Hall–Kier alpha value is -2.66. The molecule has 1 fully saturated rings. The van der Waals surface area contributed by atoms with Crippen molar-refractivity contribution in [3.05, 3.63) is 71.8 Å². The second-order valence-corrected chi connectivity index (χ2v) is 5.68. The number of piperazine rings is 1. The molecule has 0 spiro atoms. The summed E-state index contributed by atoms with van der Waals surface area (Å²) in [6, 6.07) is 19.6. The Balaban J connectivity index is 1.71. The van der Waals surface area contributed by atoms with Crippen LogP contribution in [-0.4, -0.2) is 43.0 Å². The minimum atomic E-state index is -0.310. The molecular formula is C19H20N2O3. The van der Waals surface area contributed by atoms with E-state index in [9.17, 15) is 9.59 Å². The number of carbonyl (C=O) groups is 2. The van der Waals surface area contributed by atoms with Gasteiger partial charge in [-0.2, -0.15) is 0 Å². The first-order valence-electron chi connectivity index (χ1n) is 8.00. The van der Waals surface area contributed by atoms with Crippen LogP contribution in [-0.2, 0) is 14.3 Å². The summed E-state index contributed by atoms with van der Waals surface area (Å²) in [7, 11) is 0. The predicted octanol–water partition coefficient (Wildman–Crippen LogP) is 1.75. The number of carbonyl (C=O) groups excluding carboxylic acids is 2. The van der Waals surface area contributed by atoms with Gasteiger partial charge in [-0.25, -0.2) is 0 Å². The second-order valence-electron chi connectivity index (χ2n) is 5.68. The quantitative estimate of drug-likeness (QED) is 0.911. The fourth-order valence-corrected chi connectivity index (χ4v) is 2.74. The molecule has 1 saturated heterocycles. The van der Waals surface area contributed by atoms with Gasteiger partial charge in [0.25, 0.3) is 0 Å². The first-order valence-corrected chi connectivity index (χ1v) is 8.00. The van der Waals surface area contributed by atoms with Crippen LogP contribution in [0.5, 0.6) is 0 Å². The van der Waals surface area contributed by atoms with Crippen molar-refractivity contribution >= 4 is 11.8 Å². The summed E-state index contributed by atoms with van der Waals surface area (Å²) in [6.07, 6.45) is -0.310. The van der Waals surface area contributed by atoms with Crippen molar-refractivity contribution in [2.45, 2.75) is 6.10 Å². The highest BCUT2D eigenvalue weighted by Crippen LogP contribution is 2.25. The largest absolute Gasteiger partial charge is 0.359 e. The fourth-order valence-electron chi connectivity index (χ4n) is 2.74. The number of nitrogens with one attached hydrogen (secondary N) is 1. The molecule has 0 aliphatic carbocycles. The zero-order valence-corrected chi connectivity index (χ0v) is 13.4. The topological polar surface area (TPSA) is 58.6 Å². The summed E-state index contributed by atoms with van der Waals surface area (Å²) in [4.78, 5) is 25.3. The van der Waals surface area contributed by atoms with E-state index in [4.69, 9.17) is 4.74 Å². The van der Waals surface area contributed by atoms with Gasteiger partial charge in [0.15, 0.2) is 0 Å². The van der Waals surface area contributed by atoms with Crippen LogP contribution >= 0.6 is 0 Å².